The van der Waals surface area contributed by atoms with Crippen LogP contribution in [0.3, 0.4) is 0 Å². The second-order valence-electron chi connectivity index (χ2n) is 5.50. The molecular weight excluding hydrogens is 312 g/mol. The zero-order valence-electron chi connectivity index (χ0n) is 13.8. The first-order chi connectivity index (χ1) is 10.9. The predicted octanol–water partition coefficient (Wildman–Crippen LogP) is 2.83. The second kappa shape index (κ2) is 7.46. The number of carbonyl (C=O) groups is 1. The molecule has 0 saturated carbocycles. The van der Waals surface area contributed by atoms with Crippen LogP contribution in [0.5, 0.6) is 5.75 Å². The van der Waals surface area contributed by atoms with Gasteiger partial charge in [0.05, 0.1) is 24.3 Å². The molecule has 0 saturated heterocycles. The van der Waals surface area contributed by atoms with Crippen LogP contribution in [0.2, 0.25) is 0 Å². The molecule has 0 amide bonds. The molecule has 0 fully saturated rings. The molecule has 2 N–H and O–H groups in total. The van der Waals surface area contributed by atoms with Crippen molar-refractivity contribution in [2.45, 2.75) is 39.8 Å². The van der Waals surface area contributed by atoms with Crippen molar-refractivity contribution in [3.63, 3.8) is 0 Å². The summed E-state index contributed by atoms with van der Waals surface area (Å²) in [6.07, 6.45) is -0.195. The molecule has 0 aliphatic carbocycles. The molecule has 1 aliphatic rings. The first-order valence-electron chi connectivity index (χ1n) is 7.65. The van der Waals surface area contributed by atoms with Gasteiger partial charge in [-0.05, 0) is 46.0 Å². The molecule has 1 aliphatic heterocycles. The van der Waals surface area contributed by atoms with Crippen LogP contribution in [-0.2, 0) is 9.53 Å². The lowest BCUT2D eigenvalue weighted by molar-refractivity contribution is -0.143. The van der Waals surface area contributed by atoms with Crippen molar-refractivity contribution >= 4 is 23.3 Å². The highest BCUT2D eigenvalue weighted by Crippen LogP contribution is 2.33. The van der Waals surface area contributed by atoms with E-state index in [1.165, 1.54) is 0 Å². The van der Waals surface area contributed by atoms with Crippen molar-refractivity contribution in [3.05, 3.63) is 41.1 Å². The quantitative estimate of drug-likeness (QED) is 0.638. The van der Waals surface area contributed by atoms with Crippen molar-refractivity contribution in [1.29, 1.82) is 0 Å². The van der Waals surface area contributed by atoms with Gasteiger partial charge in [0.1, 0.15) is 5.75 Å². The number of ether oxygens (including phenoxy) is 2. The minimum absolute atomic E-state index is 0.195. The Morgan fingerprint density at radius 3 is 2.70 bits per heavy atom. The molecule has 0 aromatic heterocycles. The molecule has 6 heteroatoms. The number of allylic oxidation sites excluding steroid dienone is 1. The average molecular weight is 334 g/mol. The summed E-state index contributed by atoms with van der Waals surface area (Å²) in [7, 11) is 0. The lowest BCUT2D eigenvalue weighted by Gasteiger charge is -2.31. The van der Waals surface area contributed by atoms with E-state index < -0.39 is 6.04 Å². The summed E-state index contributed by atoms with van der Waals surface area (Å²) in [6, 6.07) is 7.21. The summed E-state index contributed by atoms with van der Waals surface area (Å²) in [5.41, 5.74) is 2.06. The third kappa shape index (κ3) is 4.01. The Balaban J connectivity index is 2.47. The van der Waals surface area contributed by atoms with Crippen LogP contribution in [0.1, 0.15) is 39.3 Å². The highest BCUT2D eigenvalue weighted by Gasteiger charge is 2.32. The summed E-state index contributed by atoms with van der Waals surface area (Å²) < 4.78 is 11.1. The molecule has 23 heavy (non-hydrogen) atoms. The van der Waals surface area contributed by atoms with Gasteiger partial charge in [0.25, 0.3) is 0 Å². The van der Waals surface area contributed by atoms with E-state index in [9.17, 15) is 4.79 Å². The third-order valence-electron chi connectivity index (χ3n) is 3.36. The van der Waals surface area contributed by atoms with Gasteiger partial charge >= 0.3 is 5.97 Å². The molecule has 0 radical (unpaired) electrons. The summed E-state index contributed by atoms with van der Waals surface area (Å²) in [6.45, 7) is 7.93. The zero-order chi connectivity index (χ0) is 17.0. The van der Waals surface area contributed by atoms with E-state index in [0.29, 0.717) is 23.0 Å². The maximum absolute atomic E-state index is 12.5. The minimum Gasteiger partial charge on any atom is -0.494 e. The SMILES string of the molecule is CCOc1ccccc1C1NC(=S)NC(C)=C1C(=O)OC(C)C. The fourth-order valence-electron chi connectivity index (χ4n) is 2.48. The number of carbonyl (C=O) groups excluding carboxylic acids is 1. The number of para-hydroxylation sites is 1. The molecule has 2 rings (SSSR count). The van der Waals surface area contributed by atoms with Gasteiger partial charge in [-0.3, -0.25) is 0 Å². The molecule has 0 bridgehead atoms. The fourth-order valence-corrected chi connectivity index (χ4v) is 2.75. The van der Waals surface area contributed by atoms with E-state index in [2.05, 4.69) is 10.6 Å². The van der Waals surface area contributed by atoms with Crippen molar-refractivity contribution < 1.29 is 14.3 Å². The van der Waals surface area contributed by atoms with E-state index in [1.54, 1.807) is 0 Å². The number of thiocarbonyl (C=S) groups is 1. The van der Waals surface area contributed by atoms with E-state index in [4.69, 9.17) is 21.7 Å². The van der Waals surface area contributed by atoms with Crippen LogP contribution >= 0.6 is 12.2 Å². The van der Waals surface area contributed by atoms with Gasteiger partial charge in [0.2, 0.25) is 0 Å². The highest BCUT2D eigenvalue weighted by atomic mass is 32.1. The lowest BCUT2D eigenvalue weighted by atomic mass is 9.95. The van der Waals surface area contributed by atoms with Crippen LogP contribution in [0, 0.1) is 0 Å². The summed E-state index contributed by atoms with van der Waals surface area (Å²) >= 11 is 5.25. The predicted molar refractivity (Wildman–Crippen MR) is 93.1 cm³/mol. The molecule has 1 heterocycles. The van der Waals surface area contributed by atoms with Crippen molar-refractivity contribution in [2.75, 3.05) is 6.61 Å². The maximum Gasteiger partial charge on any atom is 0.338 e. The normalized spacial score (nSPS) is 17.6. The van der Waals surface area contributed by atoms with Gasteiger partial charge in [-0.1, -0.05) is 18.2 Å². The number of benzene rings is 1. The average Bonchev–Trinajstić information content (AvgIpc) is 2.46. The van der Waals surface area contributed by atoms with Gasteiger partial charge in [0.15, 0.2) is 5.11 Å². The Bertz CT molecular complexity index is 640. The Hall–Kier alpha value is -2.08. The van der Waals surface area contributed by atoms with Crippen LogP contribution < -0.4 is 15.4 Å². The second-order valence-corrected chi connectivity index (χ2v) is 5.90. The third-order valence-corrected chi connectivity index (χ3v) is 3.58. The largest absolute Gasteiger partial charge is 0.494 e. The van der Waals surface area contributed by atoms with Crippen LogP contribution in [0.15, 0.2) is 35.5 Å². The Morgan fingerprint density at radius 1 is 1.35 bits per heavy atom. The molecule has 1 aromatic rings. The molecule has 5 nitrogen and oxygen atoms in total. The number of rotatable bonds is 5. The first-order valence-corrected chi connectivity index (χ1v) is 8.05. The monoisotopic (exact) mass is 334 g/mol. The van der Waals surface area contributed by atoms with Crippen molar-refractivity contribution in [2.24, 2.45) is 0 Å². The van der Waals surface area contributed by atoms with Crippen LogP contribution in [0.25, 0.3) is 0 Å². The summed E-state index contributed by atoms with van der Waals surface area (Å²) in [5.74, 6) is 0.358. The van der Waals surface area contributed by atoms with Gasteiger partial charge in [-0.2, -0.15) is 0 Å². The molecule has 1 aromatic carbocycles. The molecular formula is C17H22N2O3S. The van der Waals surface area contributed by atoms with Crippen LogP contribution in [0.4, 0.5) is 0 Å². The van der Waals surface area contributed by atoms with E-state index in [1.807, 2.05) is 52.0 Å². The molecule has 1 atom stereocenters. The Kier molecular flexibility index (Phi) is 5.60. The number of nitrogens with one attached hydrogen (secondary N) is 2. The van der Waals surface area contributed by atoms with Crippen molar-refractivity contribution in [3.8, 4) is 5.75 Å². The van der Waals surface area contributed by atoms with Gasteiger partial charge < -0.3 is 20.1 Å². The zero-order valence-corrected chi connectivity index (χ0v) is 14.6. The Morgan fingerprint density at radius 2 is 2.04 bits per heavy atom. The van der Waals surface area contributed by atoms with Crippen LogP contribution in [-0.4, -0.2) is 23.8 Å². The minimum atomic E-state index is -0.405. The lowest BCUT2D eigenvalue weighted by Crippen LogP contribution is -2.45. The summed E-state index contributed by atoms with van der Waals surface area (Å²) in [4.78, 5) is 12.5. The molecule has 1 unspecified atom stereocenters. The summed E-state index contributed by atoms with van der Waals surface area (Å²) in [5, 5.41) is 6.61. The number of hydrogen-bond donors (Lipinski definition) is 2. The number of hydrogen-bond acceptors (Lipinski definition) is 4. The highest BCUT2D eigenvalue weighted by molar-refractivity contribution is 7.80. The van der Waals surface area contributed by atoms with Crippen molar-refractivity contribution in [1.82, 2.24) is 10.6 Å². The van der Waals surface area contributed by atoms with Gasteiger partial charge in [0, 0.05) is 11.3 Å². The molecule has 124 valence electrons. The first kappa shape index (κ1) is 17.3. The topological polar surface area (TPSA) is 59.6 Å². The number of esters is 1. The van der Waals surface area contributed by atoms with Gasteiger partial charge in [-0.25, -0.2) is 4.79 Å². The van der Waals surface area contributed by atoms with E-state index in [0.717, 1.165) is 11.3 Å². The Labute approximate surface area is 142 Å². The molecule has 0 spiro atoms. The maximum atomic E-state index is 12.5. The fraction of sp³-hybridized carbons (Fsp3) is 0.412. The van der Waals surface area contributed by atoms with E-state index in [-0.39, 0.29) is 12.1 Å². The standard InChI is InChI=1S/C17H22N2O3S/c1-5-21-13-9-7-6-8-12(13)15-14(16(20)22-10(2)3)11(4)18-17(23)19-15/h6-10,15H,5H2,1-4H3,(H2,18,19,23). The van der Waals surface area contributed by atoms with Gasteiger partial charge in [-0.15, -0.1) is 0 Å². The van der Waals surface area contributed by atoms with E-state index >= 15 is 0 Å². The smallest absolute Gasteiger partial charge is 0.338 e.